The first kappa shape index (κ1) is 25.9. The van der Waals surface area contributed by atoms with E-state index in [0.717, 1.165) is 17.6 Å². The zero-order chi connectivity index (χ0) is 19.8. The Morgan fingerprint density at radius 3 is 2.52 bits per heavy atom. The van der Waals surface area contributed by atoms with Crippen LogP contribution in [0.5, 0.6) is 5.75 Å². The van der Waals surface area contributed by atoms with Crippen LogP contribution in [0.4, 0.5) is 0 Å². The van der Waals surface area contributed by atoms with E-state index in [1.54, 1.807) is 13.8 Å². The maximum absolute atomic E-state index is 11.4. The molecule has 0 aliphatic carbocycles. The lowest BCUT2D eigenvalue weighted by Crippen LogP contribution is -2.47. The minimum Gasteiger partial charge on any atom is -0.489 e. The third-order valence-electron chi connectivity index (χ3n) is 3.32. The lowest BCUT2D eigenvalue weighted by molar-refractivity contribution is 0.223. The summed E-state index contributed by atoms with van der Waals surface area (Å²) in [6, 6.07) is 7.92. The zero-order valence-electron chi connectivity index (χ0n) is 17.0. The molecular formula is C18H33IN4O3S. The van der Waals surface area contributed by atoms with Gasteiger partial charge in [0.15, 0.2) is 5.96 Å². The maximum Gasteiger partial charge on any atom is 0.209 e. The Balaban J connectivity index is 0.00000676. The Morgan fingerprint density at radius 1 is 1.30 bits per heavy atom. The van der Waals surface area contributed by atoms with Crippen LogP contribution < -0.4 is 20.1 Å². The molecule has 1 atom stereocenters. The first-order chi connectivity index (χ1) is 12.0. The van der Waals surface area contributed by atoms with Gasteiger partial charge in [0.25, 0.3) is 0 Å². The Morgan fingerprint density at radius 2 is 1.96 bits per heavy atom. The van der Waals surface area contributed by atoms with Crippen LogP contribution in [0.25, 0.3) is 0 Å². The van der Waals surface area contributed by atoms with Gasteiger partial charge in [0.1, 0.15) is 11.9 Å². The van der Waals surface area contributed by atoms with Crippen LogP contribution in [0.15, 0.2) is 29.3 Å². The Hall–Kier alpha value is -1.07. The molecule has 0 amide bonds. The van der Waals surface area contributed by atoms with E-state index < -0.39 is 15.6 Å². The maximum atomic E-state index is 11.4. The second-order valence-electron chi connectivity index (χ2n) is 7.08. The molecule has 1 rings (SSSR count). The van der Waals surface area contributed by atoms with Crippen molar-refractivity contribution in [2.45, 2.75) is 46.3 Å². The molecule has 0 spiro atoms. The van der Waals surface area contributed by atoms with Gasteiger partial charge in [-0.15, -0.1) is 24.0 Å². The van der Waals surface area contributed by atoms with Crippen molar-refractivity contribution in [2.24, 2.45) is 4.99 Å². The van der Waals surface area contributed by atoms with Crippen LogP contribution in [-0.4, -0.2) is 51.9 Å². The van der Waals surface area contributed by atoms with Gasteiger partial charge in [0.2, 0.25) is 10.0 Å². The summed E-state index contributed by atoms with van der Waals surface area (Å²) in [5, 5.41) is 6.38. The summed E-state index contributed by atoms with van der Waals surface area (Å²) in [6.07, 6.45) is 1.09. The number of aliphatic imine (C=N–C) groups is 1. The fraction of sp³-hybridized carbons (Fsp3) is 0.611. The number of ether oxygens (including phenoxy) is 1. The molecule has 0 aliphatic heterocycles. The van der Waals surface area contributed by atoms with Crippen molar-refractivity contribution in [1.82, 2.24) is 15.4 Å². The predicted octanol–water partition coefficient (Wildman–Crippen LogP) is 2.26. The van der Waals surface area contributed by atoms with Crippen LogP contribution in [0.1, 0.15) is 33.3 Å². The summed E-state index contributed by atoms with van der Waals surface area (Å²) < 4.78 is 31.3. The highest BCUT2D eigenvalue weighted by Crippen LogP contribution is 2.13. The van der Waals surface area contributed by atoms with Crippen LogP contribution in [0.2, 0.25) is 0 Å². The van der Waals surface area contributed by atoms with Crippen LogP contribution >= 0.6 is 24.0 Å². The van der Waals surface area contributed by atoms with Gasteiger partial charge in [-0.05, 0) is 52.3 Å². The van der Waals surface area contributed by atoms with Gasteiger partial charge in [0, 0.05) is 12.1 Å². The molecule has 0 heterocycles. The molecule has 0 fully saturated rings. The number of nitrogens with zero attached hydrogens (tertiary/aromatic N) is 1. The number of benzene rings is 1. The van der Waals surface area contributed by atoms with E-state index in [1.165, 1.54) is 0 Å². The van der Waals surface area contributed by atoms with Crippen molar-refractivity contribution in [2.75, 3.05) is 25.9 Å². The molecule has 0 bridgehead atoms. The third-order valence-corrected chi connectivity index (χ3v) is 4.25. The van der Waals surface area contributed by atoms with Crippen LogP contribution in [0.3, 0.4) is 0 Å². The van der Waals surface area contributed by atoms with Gasteiger partial charge in [0.05, 0.1) is 19.3 Å². The lowest BCUT2D eigenvalue weighted by Gasteiger charge is -2.24. The fourth-order valence-electron chi connectivity index (χ4n) is 2.36. The molecule has 7 nitrogen and oxygen atoms in total. The van der Waals surface area contributed by atoms with Gasteiger partial charge >= 0.3 is 0 Å². The Bertz CT molecular complexity index is 708. The monoisotopic (exact) mass is 512 g/mol. The number of nitrogens with one attached hydrogen (secondary N) is 3. The molecule has 0 aliphatic rings. The van der Waals surface area contributed by atoms with E-state index in [4.69, 9.17) is 4.74 Å². The predicted molar refractivity (Wildman–Crippen MR) is 123 cm³/mol. The Kier molecular flexibility index (Phi) is 11.2. The summed E-state index contributed by atoms with van der Waals surface area (Å²) in [7, 11) is -3.29. The van der Waals surface area contributed by atoms with Crippen LogP contribution in [0, 0.1) is 6.92 Å². The quantitative estimate of drug-likeness (QED) is 0.268. The molecule has 0 aromatic heterocycles. The van der Waals surface area contributed by atoms with E-state index in [2.05, 4.69) is 20.3 Å². The van der Waals surface area contributed by atoms with E-state index in [9.17, 15) is 8.42 Å². The van der Waals surface area contributed by atoms with Crippen molar-refractivity contribution in [3.8, 4) is 5.75 Å². The SMILES string of the molecule is CCNC(=NCC(C)(C)NS(C)(=O)=O)NCC(C)Oc1cccc(C)c1.I. The average molecular weight is 512 g/mol. The molecular weight excluding hydrogens is 479 g/mol. The smallest absolute Gasteiger partial charge is 0.209 e. The standard InChI is InChI=1S/C18H32N4O3S.HI/c1-7-19-17(21-13-18(4,5)22-26(6,23)24)20-12-15(3)25-16-10-8-9-14(2)11-16;/h8-11,15,22H,7,12-13H2,1-6H3,(H2,19,20,21);1H. The van der Waals surface area contributed by atoms with Gasteiger partial charge in [-0.25, -0.2) is 13.1 Å². The summed E-state index contributed by atoms with van der Waals surface area (Å²) in [4.78, 5) is 4.47. The third kappa shape index (κ3) is 12.1. The molecule has 1 aromatic rings. The van der Waals surface area contributed by atoms with Gasteiger partial charge in [-0.3, -0.25) is 4.99 Å². The Labute approximate surface area is 180 Å². The van der Waals surface area contributed by atoms with E-state index in [1.807, 2.05) is 45.0 Å². The van der Waals surface area contributed by atoms with Gasteiger partial charge in [-0.1, -0.05) is 12.1 Å². The molecule has 0 saturated heterocycles. The number of hydrogen-bond acceptors (Lipinski definition) is 4. The molecule has 3 N–H and O–H groups in total. The van der Waals surface area contributed by atoms with Gasteiger partial charge in [-0.2, -0.15) is 0 Å². The lowest BCUT2D eigenvalue weighted by atomic mass is 10.1. The van der Waals surface area contributed by atoms with E-state index >= 15 is 0 Å². The summed E-state index contributed by atoms with van der Waals surface area (Å²) in [6.45, 7) is 11.2. The van der Waals surface area contributed by atoms with E-state index in [0.29, 0.717) is 25.6 Å². The van der Waals surface area contributed by atoms with Gasteiger partial charge < -0.3 is 15.4 Å². The van der Waals surface area contributed by atoms with E-state index in [-0.39, 0.29) is 30.1 Å². The van der Waals surface area contributed by atoms with Crippen LogP contribution in [-0.2, 0) is 10.0 Å². The second kappa shape index (κ2) is 11.7. The first-order valence-electron chi connectivity index (χ1n) is 8.75. The molecule has 27 heavy (non-hydrogen) atoms. The summed E-state index contributed by atoms with van der Waals surface area (Å²) in [5.41, 5.74) is 0.484. The number of rotatable bonds is 9. The van der Waals surface area contributed by atoms with Crippen molar-refractivity contribution in [1.29, 1.82) is 0 Å². The highest BCUT2D eigenvalue weighted by Gasteiger charge is 2.22. The van der Waals surface area contributed by atoms with Crippen molar-refractivity contribution in [3.63, 3.8) is 0 Å². The number of halogens is 1. The molecule has 0 radical (unpaired) electrons. The number of aryl methyl sites for hydroxylation is 1. The highest BCUT2D eigenvalue weighted by atomic mass is 127. The molecule has 9 heteroatoms. The zero-order valence-corrected chi connectivity index (χ0v) is 20.1. The number of guanidine groups is 1. The average Bonchev–Trinajstić information content (AvgIpc) is 2.47. The van der Waals surface area contributed by atoms with Crippen molar-refractivity contribution < 1.29 is 13.2 Å². The normalized spacial score (nSPS) is 13.5. The first-order valence-corrected chi connectivity index (χ1v) is 10.6. The minimum absolute atomic E-state index is 0. The minimum atomic E-state index is -3.29. The topological polar surface area (TPSA) is 91.8 Å². The van der Waals surface area contributed by atoms with Crippen molar-refractivity contribution in [3.05, 3.63) is 29.8 Å². The molecule has 156 valence electrons. The highest BCUT2D eigenvalue weighted by molar-refractivity contribution is 14.0. The fourth-order valence-corrected chi connectivity index (χ4v) is 3.42. The number of sulfonamides is 1. The summed E-state index contributed by atoms with van der Waals surface area (Å²) in [5.74, 6) is 1.45. The summed E-state index contributed by atoms with van der Waals surface area (Å²) >= 11 is 0. The largest absolute Gasteiger partial charge is 0.489 e. The molecule has 1 unspecified atom stereocenters. The number of hydrogen-bond donors (Lipinski definition) is 3. The molecule has 1 aromatic carbocycles. The second-order valence-corrected chi connectivity index (χ2v) is 8.83. The molecule has 0 saturated carbocycles. The van der Waals surface area contributed by atoms with Crippen molar-refractivity contribution >= 4 is 40.0 Å².